The van der Waals surface area contributed by atoms with Gasteiger partial charge in [-0.2, -0.15) is 5.10 Å². The molecule has 2 saturated carbocycles. The van der Waals surface area contributed by atoms with Crippen LogP contribution in [0.5, 0.6) is 0 Å². The second kappa shape index (κ2) is 7.88. The van der Waals surface area contributed by atoms with E-state index in [0.717, 1.165) is 37.2 Å². The van der Waals surface area contributed by atoms with Gasteiger partial charge in [0.15, 0.2) is 5.82 Å². The van der Waals surface area contributed by atoms with E-state index in [1.54, 1.807) is 6.20 Å². The fourth-order valence-electron chi connectivity index (χ4n) is 4.08. The molecule has 4 atom stereocenters. The second-order valence-electron chi connectivity index (χ2n) is 8.38. The lowest BCUT2D eigenvalue weighted by Gasteiger charge is -2.14. The monoisotopic (exact) mass is 400 g/mol. The summed E-state index contributed by atoms with van der Waals surface area (Å²) in [5.74, 6) is 1.84. The van der Waals surface area contributed by atoms with Gasteiger partial charge in [-0.1, -0.05) is 0 Å². The number of nitrogens with zero attached hydrogens (tertiary/aromatic N) is 3. The number of aromatic amines is 1. The molecule has 3 N–H and O–H groups in total. The summed E-state index contributed by atoms with van der Waals surface area (Å²) < 4.78 is 7.44. The van der Waals surface area contributed by atoms with Gasteiger partial charge in [0.25, 0.3) is 0 Å². The number of imidazole rings is 1. The average molecular weight is 400 g/mol. The van der Waals surface area contributed by atoms with Crippen LogP contribution in [-0.4, -0.2) is 43.9 Å². The molecule has 2 unspecified atom stereocenters. The SMILES string of the molecule is CC(C)NC(=O)O[C@@H]1CC[C@H](c2cc(NC(=O)C3CC3c3nccn3C)n[nH]2)C1. The molecule has 0 aromatic carbocycles. The molecule has 2 heterocycles. The first-order valence-electron chi connectivity index (χ1n) is 10.2. The van der Waals surface area contributed by atoms with Gasteiger partial charge in [0.2, 0.25) is 5.91 Å². The number of aryl methyl sites for hydroxylation is 1. The summed E-state index contributed by atoms with van der Waals surface area (Å²) in [7, 11) is 1.95. The van der Waals surface area contributed by atoms with Gasteiger partial charge in [0, 0.05) is 55.0 Å². The fraction of sp³-hybridized carbons (Fsp3) is 0.600. The van der Waals surface area contributed by atoms with Crippen molar-refractivity contribution in [1.82, 2.24) is 25.1 Å². The van der Waals surface area contributed by atoms with Gasteiger partial charge in [-0.25, -0.2) is 9.78 Å². The zero-order valence-corrected chi connectivity index (χ0v) is 17.0. The standard InChI is InChI=1S/C20H28N6O3/c1-11(2)22-20(28)29-13-5-4-12(8-13)16-10-17(25-24-16)23-19(27)15-9-14(15)18-21-6-7-26(18)3/h6-7,10-15H,4-5,8-9H2,1-3H3,(H,22,28)(H2,23,24,25,27)/t12-,13+,14?,15?/m0/s1. The van der Waals surface area contributed by atoms with Gasteiger partial charge in [-0.05, 0) is 39.5 Å². The molecule has 2 aromatic rings. The lowest BCUT2D eigenvalue weighted by molar-refractivity contribution is -0.117. The summed E-state index contributed by atoms with van der Waals surface area (Å²) in [5, 5.41) is 12.9. The highest BCUT2D eigenvalue weighted by Crippen LogP contribution is 2.47. The van der Waals surface area contributed by atoms with Crippen LogP contribution in [0.3, 0.4) is 0 Å². The van der Waals surface area contributed by atoms with E-state index in [1.165, 1.54) is 0 Å². The van der Waals surface area contributed by atoms with Crippen LogP contribution in [0.2, 0.25) is 0 Å². The number of rotatable bonds is 6. The first kappa shape index (κ1) is 19.5. The Bertz CT molecular complexity index is 888. The highest BCUT2D eigenvalue weighted by atomic mass is 16.6. The molecule has 0 bridgehead atoms. The second-order valence-corrected chi connectivity index (χ2v) is 8.38. The molecule has 0 saturated heterocycles. The Kier molecular flexibility index (Phi) is 5.29. The molecule has 9 nitrogen and oxygen atoms in total. The molecule has 0 aliphatic heterocycles. The lowest BCUT2D eigenvalue weighted by atomic mass is 10.0. The van der Waals surface area contributed by atoms with E-state index in [4.69, 9.17) is 4.74 Å². The van der Waals surface area contributed by atoms with E-state index in [2.05, 4.69) is 25.8 Å². The maximum atomic E-state index is 12.5. The Morgan fingerprint density at radius 2 is 2.14 bits per heavy atom. The van der Waals surface area contributed by atoms with Crippen LogP contribution in [0, 0.1) is 5.92 Å². The number of nitrogens with one attached hydrogen (secondary N) is 3. The van der Waals surface area contributed by atoms with Crippen molar-refractivity contribution in [2.75, 3.05) is 5.32 Å². The van der Waals surface area contributed by atoms with Crippen LogP contribution in [0.1, 0.15) is 62.9 Å². The summed E-state index contributed by atoms with van der Waals surface area (Å²) in [6.45, 7) is 3.80. The number of hydrogen-bond donors (Lipinski definition) is 3. The van der Waals surface area contributed by atoms with Gasteiger partial charge in [-0.3, -0.25) is 9.89 Å². The predicted octanol–water partition coefficient (Wildman–Crippen LogP) is 2.66. The molecular formula is C20H28N6O3. The van der Waals surface area contributed by atoms with Crippen LogP contribution in [0.15, 0.2) is 18.5 Å². The highest BCUT2D eigenvalue weighted by molar-refractivity contribution is 5.94. The topological polar surface area (TPSA) is 114 Å². The summed E-state index contributed by atoms with van der Waals surface area (Å²) in [6, 6.07) is 1.94. The predicted molar refractivity (Wildman–Crippen MR) is 106 cm³/mol. The van der Waals surface area contributed by atoms with Gasteiger partial charge in [0.1, 0.15) is 11.9 Å². The van der Waals surface area contributed by atoms with Crippen LogP contribution >= 0.6 is 0 Å². The van der Waals surface area contributed by atoms with Gasteiger partial charge < -0.3 is 19.9 Å². The molecule has 0 radical (unpaired) electrons. The van der Waals surface area contributed by atoms with E-state index in [-0.39, 0.29) is 41.9 Å². The maximum Gasteiger partial charge on any atom is 0.407 e. The third-order valence-electron chi connectivity index (χ3n) is 5.67. The first-order valence-corrected chi connectivity index (χ1v) is 10.2. The maximum absolute atomic E-state index is 12.5. The quantitative estimate of drug-likeness (QED) is 0.690. The molecule has 2 aliphatic rings. The number of H-pyrrole nitrogens is 1. The minimum atomic E-state index is -0.366. The number of anilines is 1. The third-order valence-corrected chi connectivity index (χ3v) is 5.67. The van der Waals surface area contributed by atoms with Crippen molar-refractivity contribution in [1.29, 1.82) is 0 Å². The lowest BCUT2D eigenvalue weighted by Crippen LogP contribution is -2.33. The number of hydrogen-bond acceptors (Lipinski definition) is 5. The number of carbonyl (C=O) groups is 2. The molecule has 2 fully saturated rings. The normalized spacial score (nSPS) is 25.8. The number of ether oxygens (including phenoxy) is 1. The van der Waals surface area contributed by atoms with Crippen molar-refractivity contribution in [3.05, 3.63) is 30.0 Å². The minimum Gasteiger partial charge on any atom is -0.446 e. The first-order chi connectivity index (χ1) is 13.9. The highest BCUT2D eigenvalue weighted by Gasteiger charge is 2.46. The Labute approximate surface area is 169 Å². The van der Waals surface area contributed by atoms with Crippen molar-refractivity contribution >= 4 is 17.8 Å². The van der Waals surface area contributed by atoms with Crippen molar-refractivity contribution in [2.24, 2.45) is 13.0 Å². The van der Waals surface area contributed by atoms with Crippen LogP contribution in [0.4, 0.5) is 10.6 Å². The molecule has 0 spiro atoms. The van der Waals surface area contributed by atoms with Gasteiger partial charge in [-0.15, -0.1) is 0 Å². The summed E-state index contributed by atoms with van der Waals surface area (Å²) in [4.78, 5) is 28.6. The van der Waals surface area contributed by atoms with Crippen molar-refractivity contribution in [2.45, 2.75) is 63.5 Å². The third kappa shape index (κ3) is 4.44. The number of alkyl carbamates (subject to hydrolysis) is 1. The van der Waals surface area contributed by atoms with E-state index in [9.17, 15) is 9.59 Å². The summed E-state index contributed by atoms with van der Waals surface area (Å²) in [6.07, 6.45) is 6.50. The van der Waals surface area contributed by atoms with E-state index in [1.807, 2.05) is 37.7 Å². The summed E-state index contributed by atoms with van der Waals surface area (Å²) >= 11 is 0. The van der Waals surface area contributed by atoms with E-state index in [0.29, 0.717) is 5.82 Å². The number of aromatic nitrogens is 4. The van der Waals surface area contributed by atoms with Crippen LogP contribution < -0.4 is 10.6 Å². The fourth-order valence-corrected chi connectivity index (χ4v) is 4.08. The van der Waals surface area contributed by atoms with Crippen molar-refractivity contribution in [3.8, 4) is 0 Å². The molecule has 29 heavy (non-hydrogen) atoms. The van der Waals surface area contributed by atoms with Gasteiger partial charge in [0.05, 0.1) is 0 Å². The number of carbonyl (C=O) groups excluding carboxylic acids is 2. The van der Waals surface area contributed by atoms with Crippen LogP contribution in [0.25, 0.3) is 0 Å². The molecule has 2 amide bonds. The molecular weight excluding hydrogens is 372 g/mol. The van der Waals surface area contributed by atoms with Crippen molar-refractivity contribution in [3.63, 3.8) is 0 Å². The molecule has 2 aliphatic carbocycles. The Hall–Kier alpha value is -2.84. The molecule has 156 valence electrons. The molecule has 2 aromatic heterocycles. The van der Waals surface area contributed by atoms with Crippen LogP contribution in [-0.2, 0) is 16.6 Å². The van der Waals surface area contributed by atoms with E-state index < -0.39 is 0 Å². The Balaban J connectivity index is 1.28. The zero-order chi connectivity index (χ0) is 20.5. The van der Waals surface area contributed by atoms with E-state index >= 15 is 0 Å². The molecule has 4 rings (SSSR count). The summed E-state index contributed by atoms with van der Waals surface area (Å²) in [5.41, 5.74) is 0.965. The Morgan fingerprint density at radius 3 is 2.86 bits per heavy atom. The average Bonchev–Trinajstić information content (AvgIpc) is 2.99. The van der Waals surface area contributed by atoms with Gasteiger partial charge >= 0.3 is 6.09 Å². The van der Waals surface area contributed by atoms with Crippen molar-refractivity contribution < 1.29 is 14.3 Å². The smallest absolute Gasteiger partial charge is 0.407 e. The Morgan fingerprint density at radius 1 is 1.31 bits per heavy atom. The minimum absolute atomic E-state index is 0.0194. The largest absolute Gasteiger partial charge is 0.446 e. The zero-order valence-electron chi connectivity index (χ0n) is 17.0. The number of amides is 2. The molecule has 9 heteroatoms.